The summed E-state index contributed by atoms with van der Waals surface area (Å²) in [4.78, 5) is 26.4. The van der Waals surface area contributed by atoms with Crippen molar-refractivity contribution in [3.8, 4) is 0 Å². The van der Waals surface area contributed by atoms with Gasteiger partial charge in [-0.05, 0) is 61.8 Å². The summed E-state index contributed by atoms with van der Waals surface area (Å²) in [6.07, 6.45) is 7.77. The number of carbonyl (C=O) groups excluding carboxylic acids is 1. The van der Waals surface area contributed by atoms with Crippen molar-refractivity contribution in [3.63, 3.8) is 0 Å². The van der Waals surface area contributed by atoms with Gasteiger partial charge in [0.15, 0.2) is 5.78 Å². The number of rotatable bonds is 3. The Hall–Kier alpha value is -1.58. The molecule has 0 saturated heterocycles. The Balaban J connectivity index is 1.60. The molecule has 0 atom stereocenters. The number of aromatic amines is 1. The summed E-state index contributed by atoms with van der Waals surface area (Å²) in [5, 5.41) is 8.95. The Bertz CT molecular complexity index is 546. The molecule has 0 aliphatic heterocycles. The minimum absolute atomic E-state index is 0.108. The fourth-order valence-electron chi connectivity index (χ4n) is 5.21. The molecule has 106 valence electrons. The van der Waals surface area contributed by atoms with E-state index in [9.17, 15) is 9.59 Å². The number of carboxylic acids is 1. The van der Waals surface area contributed by atoms with Crippen molar-refractivity contribution in [2.45, 2.75) is 32.1 Å². The summed E-state index contributed by atoms with van der Waals surface area (Å²) >= 11 is 0. The van der Waals surface area contributed by atoms with E-state index < -0.39 is 5.97 Å². The van der Waals surface area contributed by atoms with Crippen LogP contribution >= 0.6 is 0 Å². The first kappa shape index (κ1) is 12.2. The topological polar surface area (TPSA) is 70.2 Å². The highest BCUT2D eigenvalue weighted by Crippen LogP contribution is 2.57. The highest BCUT2D eigenvalue weighted by molar-refractivity contribution is 6.00. The molecule has 4 fully saturated rings. The van der Waals surface area contributed by atoms with Gasteiger partial charge in [0.1, 0.15) is 5.69 Å². The molecule has 0 radical (unpaired) electrons. The monoisotopic (exact) mass is 273 g/mol. The van der Waals surface area contributed by atoms with E-state index in [4.69, 9.17) is 5.11 Å². The number of carboxylic acid groups (broad SMARTS) is 1. The lowest BCUT2D eigenvalue weighted by atomic mass is 9.51. The van der Waals surface area contributed by atoms with Gasteiger partial charge >= 0.3 is 5.97 Å². The van der Waals surface area contributed by atoms with Crippen molar-refractivity contribution in [1.82, 2.24) is 4.98 Å². The smallest absolute Gasteiger partial charge is 0.352 e. The van der Waals surface area contributed by atoms with E-state index in [-0.39, 0.29) is 17.4 Å². The summed E-state index contributed by atoms with van der Waals surface area (Å²) in [7, 11) is 0. The first-order valence-corrected chi connectivity index (χ1v) is 7.57. The Morgan fingerprint density at radius 2 is 1.65 bits per heavy atom. The summed E-state index contributed by atoms with van der Waals surface area (Å²) in [6.45, 7) is 0. The second kappa shape index (κ2) is 4.21. The van der Waals surface area contributed by atoms with E-state index in [1.54, 1.807) is 6.20 Å². The lowest BCUT2D eigenvalue weighted by molar-refractivity contribution is -0.0251. The zero-order chi connectivity index (χ0) is 13.9. The molecule has 0 aromatic carbocycles. The Morgan fingerprint density at radius 3 is 2.15 bits per heavy atom. The molecule has 4 bridgehead atoms. The summed E-state index contributed by atoms with van der Waals surface area (Å²) < 4.78 is 0. The highest BCUT2D eigenvalue weighted by Gasteiger charge is 2.50. The second-order valence-corrected chi connectivity index (χ2v) is 6.93. The van der Waals surface area contributed by atoms with Crippen LogP contribution in [0.4, 0.5) is 0 Å². The fourth-order valence-corrected chi connectivity index (χ4v) is 5.21. The van der Waals surface area contributed by atoms with Gasteiger partial charge in [0.05, 0.1) is 0 Å². The van der Waals surface area contributed by atoms with Crippen LogP contribution in [0.3, 0.4) is 0 Å². The van der Waals surface area contributed by atoms with Crippen molar-refractivity contribution in [3.05, 3.63) is 23.5 Å². The molecule has 5 rings (SSSR count). The highest BCUT2D eigenvalue weighted by atomic mass is 16.4. The Morgan fingerprint density at radius 1 is 1.05 bits per heavy atom. The number of nitrogens with one attached hydrogen (secondary N) is 1. The number of carbonyl (C=O) groups is 2. The Labute approximate surface area is 117 Å². The van der Waals surface area contributed by atoms with Crippen LogP contribution in [-0.2, 0) is 0 Å². The van der Waals surface area contributed by atoms with Crippen molar-refractivity contribution in [2.24, 2.45) is 29.6 Å². The van der Waals surface area contributed by atoms with Crippen LogP contribution in [0, 0.1) is 29.6 Å². The SMILES string of the molecule is O=C(O)c1cc(C(=O)C2C3CC4CC(C3)CC2C4)c[nH]1. The van der Waals surface area contributed by atoms with Gasteiger partial charge in [0.2, 0.25) is 0 Å². The lowest BCUT2D eigenvalue weighted by Crippen LogP contribution is -2.47. The average Bonchev–Trinajstić information content (AvgIpc) is 2.86. The molecule has 4 nitrogen and oxygen atoms in total. The quantitative estimate of drug-likeness (QED) is 0.832. The van der Waals surface area contributed by atoms with Crippen LogP contribution in [0.1, 0.15) is 53.0 Å². The van der Waals surface area contributed by atoms with Gasteiger partial charge in [-0.3, -0.25) is 4.79 Å². The molecule has 1 aromatic rings. The minimum atomic E-state index is -1.01. The van der Waals surface area contributed by atoms with Gasteiger partial charge in [0.25, 0.3) is 0 Å². The van der Waals surface area contributed by atoms with Crippen LogP contribution in [0.2, 0.25) is 0 Å². The Kier molecular flexibility index (Phi) is 2.56. The first-order valence-electron chi connectivity index (χ1n) is 7.57. The van der Waals surface area contributed by atoms with E-state index in [0.717, 1.165) is 11.8 Å². The molecule has 0 spiro atoms. The second-order valence-electron chi connectivity index (χ2n) is 6.93. The molecule has 1 heterocycles. The van der Waals surface area contributed by atoms with Gasteiger partial charge < -0.3 is 10.1 Å². The van der Waals surface area contributed by atoms with Crippen LogP contribution in [0.25, 0.3) is 0 Å². The molecule has 0 amide bonds. The van der Waals surface area contributed by atoms with E-state index in [1.807, 2.05) is 0 Å². The number of aromatic nitrogens is 1. The summed E-state index contributed by atoms with van der Waals surface area (Å²) in [5.74, 6) is 2.09. The maximum absolute atomic E-state index is 12.8. The number of hydrogen-bond donors (Lipinski definition) is 2. The van der Waals surface area contributed by atoms with Crippen LogP contribution in [0.5, 0.6) is 0 Å². The number of ketones is 1. The molecule has 4 aliphatic carbocycles. The zero-order valence-corrected chi connectivity index (χ0v) is 11.3. The van der Waals surface area contributed by atoms with Crippen LogP contribution in [-0.4, -0.2) is 21.8 Å². The maximum atomic E-state index is 12.8. The number of aromatic carboxylic acids is 1. The third-order valence-corrected chi connectivity index (χ3v) is 5.73. The first-order chi connectivity index (χ1) is 9.61. The van der Waals surface area contributed by atoms with Gasteiger partial charge in [-0.2, -0.15) is 0 Å². The molecular formula is C16H19NO3. The lowest BCUT2D eigenvalue weighted by Gasteiger charge is -2.53. The zero-order valence-electron chi connectivity index (χ0n) is 11.3. The van der Waals surface area contributed by atoms with E-state index in [0.29, 0.717) is 17.4 Å². The molecular weight excluding hydrogens is 254 g/mol. The minimum Gasteiger partial charge on any atom is -0.477 e. The standard InChI is InChI=1S/C16H19NO3/c18-15(12-6-13(16(19)20)17-7-12)14-10-2-8-1-9(4-10)5-11(14)3-8/h6-11,14,17H,1-5H2,(H,19,20). The molecule has 1 aromatic heterocycles. The molecule has 4 heteroatoms. The largest absolute Gasteiger partial charge is 0.477 e. The predicted octanol–water partition coefficient (Wildman–Crippen LogP) is 2.97. The number of hydrogen-bond acceptors (Lipinski definition) is 2. The van der Waals surface area contributed by atoms with Gasteiger partial charge in [-0.15, -0.1) is 0 Å². The normalized spacial score (nSPS) is 38.1. The van der Waals surface area contributed by atoms with Gasteiger partial charge in [-0.1, -0.05) is 0 Å². The van der Waals surface area contributed by atoms with Crippen molar-refractivity contribution in [2.75, 3.05) is 0 Å². The maximum Gasteiger partial charge on any atom is 0.352 e. The average molecular weight is 273 g/mol. The van der Waals surface area contributed by atoms with Crippen LogP contribution in [0.15, 0.2) is 12.3 Å². The number of Topliss-reactive ketones (excluding diaryl/α,β-unsaturated/α-hetero) is 1. The molecule has 4 aliphatic rings. The van der Waals surface area contributed by atoms with Crippen molar-refractivity contribution >= 4 is 11.8 Å². The fraction of sp³-hybridized carbons (Fsp3) is 0.625. The van der Waals surface area contributed by atoms with Crippen molar-refractivity contribution in [1.29, 1.82) is 0 Å². The van der Waals surface area contributed by atoms with Crippen LogP contribution < -0.4 is 0 Å². The van der Waals surface area contributed by atoms with E-state index >= 15 is 0 Å². The summed E-state index contributed by atoms with van der Waals surface area (Å²) in [6, 6.07) is 1.50. The van der Waals surface area contributed by atoms with E-state index in [1.165, 1.54) is 38.2 Å². The molecule has 20 heavy (non-hydrogen) atoms. The predicted molar refractivity (Wildman–Crippen MR) is 72.6 cm³/mol. The molecule has 2 N–H and O–H groups in total. The summed E-state index contributed by atoms with van der Waals surface area (Å²) in [5.41, 5.74) is 0.664. The molecule has 4 saturated carbocycles. The third-order valence-electron chi connectivity index (χ3n) is 5.73. The molecule has 0 unspecified atom stereocenters. The van der Waals surface area contributed by atoms with Gasteiger partial charge in [0, 0.05) is 17.7 Å². The van der Waals surface area contributed by atoms with Gasteiger partial charge in [-0.25, -0.2) is 4.79 Å². The number of H-pyrrole nitrogens is 1. The third kappa shape index (κ3) is 1.74. The van der Waals surface area contributed by atoms with Crippen molar-refractivity contribution < 1.29 is 14.7 Å². The van der Waals surface area contributed by atoms with E-state index in [2.05, 4.69) is 4.98 Å².